The highest BCUT2D eigenvalue weighted by molar-refractivity contribution is 4.54. The first-order valence-corrected chi connectivity index (χ1v) is 4.23. The van der Waals surface area contributed by atoms with Crippen molar-refractivity contribution in [1.29, 1.82) is 0 Å². The average Bonchev–Trinajstić information content (AvgIpc) is 2.00. The van der Waals surface area contributed by atoms with Gasteiger partial charge in [-0.25, -0.2) is 8.78 Å². The number of rotatable bonds is 7. The Morgan fingerprint density at radius 1 is 1.33 bits per heavy atom. The first-order chi connectivity index (χ1) is 5.66. The summed E-state index contributed by atoms with van der Waals surface area (Å²) in [5, 5.41) is 3.12. The molecule has 0 aliphatic heterocycles. The summed E-state index contributed by atoms with van der Waals surface area (Å²) >= 11 is 0. The van der Waals surface area contributed by atoms with Crippen molar-refractivity contribution < 1.29 is 13.5 Å². The van der Waals surface area contributed by atoms with Crippen LogP contribution in [0.4, 0.5) is 8.78 Å². The van der Waals surface area contributed by atoms with Gasteiger partial charge in [-0.2, -0.15) is 0 Å². The van der Waals surface area contributed by atoms with Crippen LogP contribution in [-0.4, -0.2) is 32.7 Å². The van der Waals surface area contributed by atoms with Crippen molar-refractivity contribution in [2.75, 3.05) is 26.3 Å². The van der Waals surface area contributed by atoms with E-state index in [1.165, 1.54) is 0 Å². The van der Waals surface area contributed by atoms with Crippen molar-refractivity contribution in [3.63, 3.8) is 0 Å². The van der Waals surface area contributed by atoms with E-state index in [1.54, 1.807) is 0 Å². The Labute approximate surface area is 72.3 Å². The van der Waals surface area contributed by atoms with Crippen LogP contribution in [0.25, 0.3) is 0 Å². The second kappa shape index (κ2) is 7.43. The fourth-order valence-electron chi connectivity index (χ4n) is 0.808. The molecule has 0 amide bonds. The average molecular weight is 181 g/mol. The molecule has 4 heteroatoms. The molecule has 0 fully saturated rings. The number of hydrogen-bond donors (Lipinski definition) is 1. The molecule has 2 nitrogen and oxygen atoms in total. The molecule has 0 aliphatic rings. The number of halogens is 2. The largest absolute Gasteiger partial charge is 0.375 e. The van der Waals surface area contributed by atoms with E-state index >= 15 is 0 Å². The lowest BCUT2D eigenvalue weighted by Crippen LogP contribution is -2.24. The third-order valence-electron chi connectivity index (χ3n) is 1.39. The van der Waals surface area contributed by atoms with E-state index in [0.717, 1.165) is 13.1 Å². The van der Waals surface area contributed by atoms with Crippen LogP contribution in [0.3, 0.4) is 0 Å². The predicted molar refractivity (Wildman–Crippen MR) is 44.5 cm³/mol. The fraction of sp³-hybridized carbons (Fsp3) is 1.00. The molecule has 0 spiro atoms. The quantitative estimate of drug-likeness (QED) is 0.643. The van der Waals surface area contributed by atoms with Crippen LogP contribution in [0.5, 0.6) is 0 Å². The lowest BCUT2D eigenvalue weighted by molar-refractivity contribution is 0.00615. The summed E-state index contributed by atoms with van der Waals surface area (Å²) in [6, 6.07) is 0. The Morgan fingerprint density at radius 3 is 2.50 bits per heavy atom. The van der Waals surface area contributed by atoms with E-state index in [2.05, 4.69) is 5.32 Å². The zero-order chi connectivity index (χ0) is 9.40. The van der Waals surface area contributed by atoms with Gasteiger partial charge in [-0.05, 0) is 19.0 Å². The molecular weight excluding hydrogens is 164 g/mol. The normalized spacial score (nSPS) is 13.8. The Morgan fingerprint density at radius 2 is 2.00 bits per heavy atom. The van der Waals surface area contributed by atoms with Crippen molar-refractivity contribution in [3.8, 4) is 0 Å². The molecule has 12 heavy (non-hydrogen) atoms. The molecule has 0 saturated heterocycles. The van der Waals surface area contributed by atoms with Crippen LogP contribution in [-0.2, 0) is 4.74 Å². The summed E-state index contributed by atoms with van der Waals surface area (Å²) in [6.07, 6.45) is -2.35. The SMILES string of the molecule is CCNCC(C)COCC(F)F. The lowest BCUT2D eigenvalue weighted by atomic mass is 10.2. The molecule has 1 unspecified atom stereocenters. The van der Waals surface area contributed by atoms with Crippen LogP contribution >= 0.6 is 0 Å². The van der Waals surface area contributed by atoms with Crippen molar-refractivity contribution in [2.24, 2.45) is 5.92 Å². The van der Waals surface area contributed by atoms with Crippen LogP contribution in [0.1, 0.15) is 13.8 Å². The van der Waals surface area contributed by atoms with Gasteiger partial charge in [0.15, 0.2) is 0 Å². The van der Waals surface area contributed by atoms with E-state index in [0.29, 0.717) is 12.5 Å². The third kappa shape index (κ3) is 7.88. The second-order valence-electron chi connectivity index (χ2n) is 2.84. The molecule has 74 valence electrons. The predicted octanol–water partition coefficient (Wildman–Crippen LogP) is 1.51. The minimum Gasteiger partial charge on any atom is -0.375 e. The monoisotopic (exact) mass is 181 g/mol. The Balaban J connectivity index is 3.13. The van der Waals surface area contributed by atoms with Gasteiger partial charge in [0, 0.05) is 0 Å². The number of nitrogens with one attached hydrogen (secondary N) is 1. The van der Waals surface area contributed by atoms with Gasteiger partial charge in [-0.1, -0.05) is 13.8 Å². The maximum atomic E-state index is 11.6. The van der Waals surface area contributed by atoms with Gasteiger partial charge >= 0.3 is 0 Å². The standard InChI is InChI=1S/C8H17F2NO/c1-3-11-4-7(2)5-12-6-8(9)10/h7-8,11H,3-6H2,1-2H3. The number of ether oxygens (including phenoxy) is 1. The lowest BCUT2D eigenvalue weighted by Gasteiger charge is -2.11. The molecule has 0 saturated carbocycles. The van der Waals surface area contributed by atoms with E-state index in [9.17, 15) is 8.78 Å². The van der Waals surface area contributed by atoms with Gasteiger partial charge in [0.1, 0.15) is 6.61 Å². The maximum absolute atomic E-state index is 11.6. The smallest absolute Gasteiger partial charge is 0.261 e. The van der Waals surface area contributed by atoms with Gasteiger partial charge in [0.2, 0.25) is 0 Å². The zero-order valence-electron chi connectivity index (χ0n) is 7.65. The summed E-state index contributed by atoms with van der Waals surface area (Å²) in [5.41, 5.74) is 0. The molecular formula is C8H17F2NO. The van der Waals surface area contributed by atoms with Gasteiger partial charge < -0.3 is 10.1 Å². The molecule has 0 aliphatic carbocycles. The molecule has 0 bridgehead atoms. The first-order valence-electron chi connectivity index (χ1n) is 4.23. The van der Waals surface area contributed by atoms with Crippen molar-refractivity contribution in [2.45, 2.75) is 20.3 Å². The van der Waals surface area contributed by atoms with Gasteiger partial charge in [0.05, 0.1) is 6.61 Å². The highest BCUT2D eigenvalue weighted by Gasteiger charge is 2.05. The summed E-state index contributed by atoms with van der Waals surface area (Å²) in [5.74, 6) is 0.295. The van der Waals surface area contributed by atoms with Crippen LogP contribution in [0.15, 0.2) is 0 Å². The minimum absolute atomic E-state index is 0.295. The third-order valence-corrected chi connectivity index (χ3v) is 1.39. The highest BCUT2D eigenvalue weighted by Crippen LogP contribution is 1.97. The van der Waals surface area contributed by atoms with Gasteiger partial charge in [-0.15, -0.1) is 0 Å². The van der Waals surface area contributed by atoms with Crippen molar-refractivity contribution in [1.82, 2.24) is 5.32 Å². The van der Waals surface area contributed by atoms with Gasteiger partial charge in [-0.3, -0.25) is 0 Å². The molecule has 0 rings (SSSR count). The van der Waals surface area contributed by atoms with Crippen LogP contribution < -0.4 is 5.32 Å². The topological polar surface area (TPSA) is 21.3 Å². The highest BCUT2D eigenvalue weighted by atomic mass is 19.3. The fourth-order valence-corrected chi connectivity index (χ4v) is 0.808. The summed E-state index contributed by atoms with van der Waals surface area (Å²) in [6.45, 7) is 5.65. The van der Waals surface area contributed by atoms with Gasteiger partial charge in [0.25, 0.3) is 6.43 Å². The number of alkyl halides is 2. The Hall–Kier alpha value is -0.220. The molecule has 1 atom stereocenters. The molecule has 0 heterocycles. The summed E-state index contributed by atoms with van der Waals surface area (Å²) in [4.78, 5) is 0. The van der Waals surface area contributed by atoms with Crippen LogP contribution in [0.2, 0.25) is 0 Å². The number of hydrogen-bond acceptors (Lipinski definition) is 2. The minimum atomic E-state index is -2.35. The molecule has 0 aromatic heterocycles. The van der Waals surface area contributed by atoms with Crippen molar-refractivity contribution >= 4 is 0 Å². The first kappa shape index (κ1) is 11.8. The van der Waals surface area contributed by atoms with E-state index in [4.69, 9.17) is 4.74 Å². The molecule has 0 aromatic rings. The zero-order valence-corrected chi connectivity index (χ0v) is 7.65. The molecule has 0 aromatic carbocycles. The summed E-state index contributed by atoms with van der Waals surface area (Å²) < 4.78 is 28.0. The Bertz CT molecular complexity index is 101. The van der Waals surface area contributed by atoms with Crippen molar-refractivity contribution in [3.05, 3.63) is 0 Å². The van der Waals surface area contributed by atoms with Crippen LogP contribution in [0, 0.1) is 5.92 Å². The maximum Gasteiger partial charge on any atom is 0.261 e. The second-order valence-corrected chi connectivity index (χ2v) is 2.84. The molecule has 0 radical (unpaired) electrons. The Kier molecular flexibility index (Phi) is 7.29. The van der Waals surface area contributed by atoms with E-state index in [1.807, 2.05) is 13.8 Å². The van der Waals surface area contributed by atoms with E-state index in [-0.39, 0.29) is 0 Å². The summed E-state index contributed by atoms with van der Waals surface area (Å²) in [7, 11) is 0. The van der Waals surface area contributed by atoms with E-state index < -0.39 is 13.0 Å². The molecule has 1 N–H and O–H groups in total.